The minimum atomic E-state index is -0.488. The summed E-state index contributed by atoms with van der Waals surface area (Å²) in [6.45, 7) is 3.70. The molecule has 1 amide bonds. The molecule has 0 radical (unpaired) electrons. The number of aromatic hydroxyl groups is 1. The molecule has 104 valence electrons. The predicted octanol–water partition coefficient (Wildman–Crippen LogP) is 1.99. The number of hydrogen-bond donors (Lipinski definition) is 1. The van der Waals surface area contributed by atoms with Crippen LogP contribution in [0.4, 0.5) is 0 Å². The highest BCUT2D eigenvalue weighted by Gasteiger charge is 2.20. The Balaban J connectivity index is 3.04. The van der Waals surface area contributed by atoms with Gasteiger partial charge in [-0.15, -0.1) is 0 Å². The molecule has 0 heterocycles. The molecule has 0 atom stereocenters. The van der Waals surface area contributed by atoms with Crippen molar-refractivity contribution in [3.05, 3.63) is 28.3 Å². The number of hydrogen-bond acceptors (Lipinski definition) is 4. The summed E-state index contributed by atoms with van der Waals surface area (Å²) in [5, 5.41) is 9.55. The SMILES string of the molecule is CCN(CC(=O)OC)C(=O)c1cc(Cl)c(O)cc1C. The second kappa shape index (κ2) is 6.43. The molecule has 0 aliphatic carbocycles. The van der Waals surface area contributed by atoms with Gasteiger partial charge in [-0.1, -0.05) is 11.6 Å². The summed E-state index contributed by atoms with van der Waals surface area (Å²) in [5.41, 5.74) is 0.948. The van der Waals surface area contributed by atoms with Crippen molar-refractivity contribution in [3.63, 3.8) is 0 Å². The minimum Gasteiger partial charge on any atom is -0.506 e. The lowest BCUT2D eigenvalue weighted by molar-refractivity contribution is -0.141. The Kier molecular flexibility index (Phi) is 5.18. The Labute approximate surface area is 116 Å². The molecule has 0 bridgehead atoms. The van der Waals surface area contributed by atoms with E-state index in [0.29, 0.717) is 17.7 Å². The number of rotatable bonds is 4. The number of carbonyl (C=O) groups excluding carboxylic acids is 2. The molecule has 0 unspecified atom stereocenters. The molecule has 0 aromatic heterocycles. The van der Waals surface area contributed by atoms with Crippen LogP contribution in [0.2, 0.25) is 5.02 Å². The van der Waals surface area contributed by atoms with Crippen molar-refractivity contribution in [3.8, 4) is 5.75 Å². The van der Waals surface area contributed by atoms with Crippen LogP contribution in [0, 0.1) is 6.92 Å². The van der Waals surface area contributed by atoms with Gasteiger partial charge in [0.2, 0.25) is 0 Å². The lowest BCUT2D eigenvalue weighted by Crippen LogP contribution is -2.36. The number of benzene rings is 1. The number of halogens is 1. The van der Waals surface area contributed by atoms with E-state index in [1.54, 1.807) is 13.8 Å². The minimum absolute atomic E-state index is 0.0771. The van der Waals surface area contributed by atoms with E-state index in [2.05, 4.69) is 4.74 Å². The second-order valence-electron chi connectivity index (χ2n) is 4.01. The van der Waals surface area contributed by atoms with Gasteiger partial charge in [0.25, 0.3) is 5.91 Å². The summed E-state index contributed by atoms with van der Waals surface area (Å²) < 4.78 is 4.54. The lowest BCUT2D eigenvalue weighted by Gasteiger charge is -2.20. The molecule has 1 rings (SSSR count). The van der Waals surface area contributed by atoms with Gasteiger partial charge < -0.3 is 14.7 Å². The number of likely N-dealkylation sites (N-methyl/N-ethyl adjacent to an activating group) is 1. The summed E-state index contributed by atoms with van der Waals surface area (Å²) in [6, 6.07) is 2.82. The predicted molar refractivity (Wildman–Crippen MR) is 71.4 cm³/mol. The fourth-order valence-electron chi connectivity index (χ4n) is 1.61. The number of phenols is 1. The molecule has 19 heavy (non-hydrogen) atoms. The standard InChI is InChI=1S/C13H16ClNO4/c1-4-15(7-12(17)19-3)13(18)9-6-10(14)11(16)5-8(9)2/h5-6,16H,4,7H2,1-3H3. The third-order valence-corrected chi connectivity index (χ3v) is 3.04. The molecular formula is C13H16ClNO4. The Hall–Kier alpha value is -1.75. The molecule has 0 spiro atoms. The van der Waals surface area contributed by atoms with E-state index in [0.717, 1.165) is 0 Å². The zero-order valence-corrected chi connectivity index (χ0v) is 11.8. The van der Waals surface area contributed by atoms with Crippen molar-refractivity contribution in [1.82, 2.24) is 4.90 Å². The lowest BCUT2D eigenvalue weighted by atomic mass is 10.1. The van der Waals surface area contributed by atoms with E-state index in [1.807, 2.05) is 0 Å². The highest BCUT2D eigenvalue weighted by molar-refractivity contribution is 6.32. The van der Waals surface area contributed by atoms with E-state index in [1.165, 1.54) is 24.1 Å². The van der Waals surface area contributed by atoms with Gasteiger partial charge in [-0.3, -0.25) is 9.59 Å². The summed E-state index contributed by atoms with van der Waals surface area (Å²) in [7, 11) is 1.27. The van der Waals surface area contributed by atoms with Crippen LogP contribution < -0.4 is 0 Å². The number of carbonyl (C=O) groups is 2. The quantitative estimate of drug-likeness (QED) is 0.859. The average Bonchev–Trinajstić information content (AvgIpc) is 2.39. The number of aryl methyl sites for hydroxylation is 1. The first-order valence-corrected chi connectivity index (χ1v) is 6.13. The van der Waals surface area contributed by atoms with Gasteiger partial charge in [0, 0.05) is 12.1 Å². The van der Waals surface area contributed by atoms with Gasteiger partial charge in [-0.05, 0) is 31.5 Å². The van der Waals surface area contributed by atoms with Crippen LogP contribution in [0.3, 0.4) is 0 Å². The zero-order valence-electron chi connectivity index (χ0n) is 11.1. The molecule has 5 nitrogen and oxygen atoms in total. The van der Waals surface area contributed by atoms with Crippen LogP contribution in [0.15, 0.2) is 12.1 Å². The van der Waals surface area contributed by atoms with Crippen LogP contribution in [0.5, 0.6) is 5.75 Å². The highest BCUT2D eigenvalue weighted by atomic mass is 35.5. The summed E-state index contributed by atoms with van der Waals surface area (Å²) in [6.07, 6.45) is 0. The van der Waals surface area contributed by atoms with Crippen molar-refractivity contribution in [1.29, 1.82) is 0 Å². The molecule has 1 N–H and O–H groups in total. The average molecular weight is 286 g/mol. The molecule has 6 heteroatoms. The Morgan fingerprint density at radius 3 is 2.58 bits per heavy atom. The van der Waals surface area contributed by atoms with Crippen molar-refractivity contribution in [2.24, 2.45) is 0 Å². The van der Waals surface area contributed by atoms with Crippen LogP contribution in [-0.2, 0) is 9.53 Å². The fourth-order valence-corrected chi connectivity index (χ4v) is 1.78. The molecular weight excluding hydrogens is 270 g/mol. The maximum absolute atomic E-state index is 12.3. The first-order valence-electron chi connectivity index (χ1n) is 5.75. The van der Waals surface area contributed by atoms with Crippen LogP contribution in [0.25, 0.3) is 0 Å². The van der Waals surface area contributed by atoms with Crippen LogP contribution in [0.1, 0.15) is 22.8 Å². The number of esters is 1. The largest absolute Gasteiger partial charge is 0.506 e. The van der Waals surface area contributed by atoms with E-state index < -0.39 is 5.97 Å². The summed E-state index contributed by atoms with van der Waals surface area (Å²) in [5.74, 6) is -0.892. The Bertz CT molecular complexity index is 502. The van der Waals surface area contributed by atoms with Gasteiger partial charge in [0.15, 0.2) is 0 Å². The maximum atomic E-state index is 12.3. The highest BCUT2D eigenvalue weighted by Crippen LogP contribution is 2.27. The van der Waals surface area contributed by atoms with E-state index in [-0.39, 0.29) is 23.2 Å². The van der Waals surface area contributed by atoms with Gasteiger partial charge in [-0.25, -0.2) is 0 Å². The number of nitrogens with zero attached hydrogens (tertiary/aromatic N) is 1. The van der Waals surface area contributed by atoms with Crippen LogP contribution >= 0.6 is 11.6 Å². The second-order valence-corrected chi connectivity index (χ2v) is 4.42. The monoisotopic (exact) mass is 285 g/mol. The summed E-state index contributed by atoms with van der Waals surface area (Å²) in [4.78, 5) is 24.9. The van der Waals surface area contributed by atoms with Gasteiger partial charge in [-0.2, -0.15) is 0 Å². The summed E-state index contributed by atoms with van der Waals surface area (Å²) >= 11 is 5.80. The van der Waals surface area contributed by atoms with Crippen molar-refractivity contribution >= 4 is 23.5 Å². The van der Waals surface area contributed by atoms with Gasteiger partial charge in [0.05, 0.1) is 12.1 Å². The Morgan fingerprint density at radius 2 is 2.05 bits per heavy atom. The van der Waals surface area contributed by atoms with Gasteiger partial charge in [0.1, 0.15) is 12.3 Å². The van der Waals surface area contributed by atoms with Crippen LogP contribution in [-0.4, -0.2) is 42.1 Å². The van der Waals surface area contributed by atoms with Crippen molar-refractivity contribution < 1.29 is 19.4 Å². The first kappa shape index (κ1) is 15.3. The smallest absolute Gasteiger partial charge is 0.325 e. The van der Waals surface area contributed by atoms with E-state index in [4.69, 9.17) is 11.6 Å². The maximum Gasteiger partial charge on any atom is 0.325 e. The third-order valence-electron chi connectivity index (χ3n) is 2.74. The molecule has 1 aromatic rings. The van der Waals surface area contributed by atoms with Crippen molar-refractivity contribution in [2.75, 3.05) is 20.2 Å². The fraction of sp³-hybridized carbons (Fsp3) is 0.385. The zero-order chi connectivity index (χ0) is 14.6. The molecule has 0 aliphatic rings. The number of amides is 1. The van der Waals surface area contributed by atoms with Gasteiger partial charge >= 0.3 is 5.97 Å². The van der Waals surface area contributed by atoms with E-state index >= 15 is 0 Å². The topological polar surface area (TPSA) is 66.8 Å². The Morgan fingerprint density at radius 1 is 1.42 bits per heavy atom. The number of methoxy groups -OCH3 is 1. The molecule has 1 aromatic carbocycles. The van der Waals surface area contributed by atoms with E-state index in [9.17, 15) is 14.7 Å². The molecule has 0 saturated carbocycles. The van der Waals surface area contributed by atoms with Crippen molar-refractivity contribution in [2.45, 2.75) is 13.8 Å². The normalized spacial score (nSPS) is 10.1. The molecule has 0 saturated heterocycles. The third kappa shape index (κ3) is 3.61. The number of ether oxygens (including phenoxy) is 1. The molecule has 0 aliphatic heterocycles. The first-order chi connectivity index (χ1) is 8.90. The number of phenolic OH excluding ortho intramolecular Hbond substituents is 1. The molecule has 0 fully saturated rings.